The minimum absolute atomic E-state index is 0.0835. The number of imide groups is 1. The summed E-state index contributed by atoms with van der Waals surface area (Å²) in [6, 6.07) is 3.38. The van der Waals surface area contributed by atoms with Gasteiger partial charge >= 0.3 is 6.09 Å². The first-order valence-corrected chi connectivity index (χ1v) is 8.29. The summed E-state index contributed by atoms with van der Waals surface area (Å²) in [4.78, 5) is 42.2. The first kappa shape index (κ1) is 17.2. The summed E-state index contributed by atoms with van der Waals surface area (Å²) in [7, 11) is 0. The van der Waals surface area contributed by atoms with Gasteiger partial charge in [-0.2, -0.15) is 0 Å². The second kappa shape index (κ2) is 7.08. The van der Waals surface area contributed by atoms with E-state index in [0.717, 1.165) is 4.90 Å². The minimum Gasteiger partial charge on any atom is -0.477 e. The van der Waals surface area contributed by atoms with E-state index in [1.165, 1.54) is 6.20 Å². The van der Waals surface area contributed by atoms with Crippen molar-refractivity contribution in [3.63, 3.8) is 0 Å². The Hall–Kier alpha value is -2.64. The van der Waals surface area contributed by atoms with E-state index in [-0.39, 0.29) is 24.3 Å². The Morgan fingerprint density at radius 3 is 2.68 bits per heavy atom. The lowest BCUT2D eigenvalue weighted by Gasteiger charge is -2.40. The molecule has 8 heteroatoms. The van der Waals surface area contributed by atoms with Crippen LogP contribution in [-0.2, 0) is 9.53 Å². The van der Waals surface area contributed by atoms with Crippen molar-refractivity contribution in [1.82, 2.24) is 14.8 Å². The summed E-state index contributed by atoms with van der Waals surface area (Å²) in [5.74, 6) is 0.546. The van der Waals surface area contributed by atoms with Crippen molar-refractivity contribution in [2.24, 2.45) is 11.8 Å². The number of pyridine rings is 1. The normalized spacial score (nSPS) is 17.7. The van der Waals surface area contributed by atoms with Gasteiger partial charge in [-0.3, -0.25) is 9.59 Å². The van der Waals surface area contributed by atoms with Crippen LogP contribution in [0.25, 0.3) is 0 Å². The predicted octanol–water partition coefficient (Wildman–Crippen LogP) is 1.17. The molecule has 8 nitrogen and oxygen atoms in total. The van der Waals surface area contributed by atoms with Gasteiger partial charge in [0.15, 0.2) is 6.61 Å². The Balaban J connectivity index is 1.48. The van der Waals surface area contributed by atoms with Crippen LogP contribution in [-0.4, -0.2) is 65.5 Å². The average Bonchev–Trinajstić information content (AvgIpc) is 2.87. The molecule has 2 fully saturated rings. The van der Waals surface area contributed by atoms with Crippen LogP contribution in [0.1, 0.15) is 24.2 Å². The lowest BCUT2D eigenvalue weighted by molar-refractivity contribution is -0.126. The van der Waals surface area contributed by atoms with Gasteiger partial charge in [0.1, 0.15) is 0 Å². The van der Waals surface area contributed by atoms with Crippen LogP contribution < -0.4 is 4.74 Å². The van der Waals surface area contributed by atoms with E-state index in [1.807, 2.05) is 13.8 Å². The smallest absolute Gasteiger partial charge is 0.417 e. The molecule has 25 heavy (non-hydrogen) atoms. The molecule has 3 heterocycles. The van der Waals surface area contributed by atoms with Crippen molar-refractivity contribution in [3.05, 3.63) is 23.9 Å². The maximum absolute atomic E-state index is 12.4. The first-order valence-electron chi connectivity index (χ1n) is 8.29. The topological polar surface area (TPSA) is 89.0 Å². The van der Waals surface area contributed by atoms with Gasteiger partial charge in [0.2, 0.25) is 5.88 Å². The number of likely N-dealkylation sites (tertiary alicyclic amines) is 1. The zero-order valence-corrected chi connectivity index (χ0v) is 14.3. The highest BCUT2D eigenvalue weighted by molar-refractivity contribution is 5.98. The highest BCUT2D eigenvalue weighted by Gasteiger charge is 2.38. The Labute approximate surface area is 145 Å². The number of nitrogens with zero attached hydrogens (tertiary/aromatic N) is 3. The molecule has 1 aromatic heterocycles. The number of cyclic esters (lactones) is 1. The van der Waals surface area contributed by atoms with Crippen LogP contribution in [0.15, 0.2) is 18.3 Å². The molecule has 0 saturated carbocycles. The molecule has 0 bridgehead atoms. The number of ether oxygens (including phenoxy) is 2. The van der Waals surface area contributed by atoms with Crippen LogP contribution >= 0.6 is 0 Å². The largest absolute Gasteiger partial charge is 0.477 e. The highest BCUT2D eigenvalue weighted by Crippen LogP contribution is 2.22. The fourth-order valence-corrected chi connectivity index (χ4v) is 2.69. The van der Waals surface area contributed by atoms with Gasteiger partial charge in [-0.15, -0.1) is 0 Å². The molecule has 0 atom stereocenters. The van der Waals surface area contributed by atoms with Gasteiger partial charge in [-0.05, 0) is 12.0 Å². The van der Waals surface area contributed by atoms with Crippen molar-refractivity contribution in [3.8, 4) is 5.88 Å². The van der Waals surface area contributed by atoms with Crippen LogP contribution in [0, 0.1) is 11.8 Å². The van der Waals surface area contributed by atoms with Crippen molar-refractivity contribution < 1.29 is 23.9 Å². The van der Waals surface area contributed by atoms with Gasteiger partial charge in [0.25, 0.3) is 11.8 Å². The van der Waals surface area contributed by atoms with Gasteiger partial charge in [0, 0.05) is 37.8 Å². The van der Waals surface area contributed by atoms with E-state index in [1.54, 1.807) is 17.0 Å². The Bertz CT molecular complexity index is 651. The molecule has 3 rings (SSSR count). The summed E-state index contributed by atoms with van der Waals surface area (Å²) >= 11 is 0. The molecule has 0 aromatic carbocycles. The molecule has 2 aliphatic heterocycles. The third-order valence-corrected chi connectivity index (χ3v) is 4.07. The van der Waals surface area contributed by atoms with Crippen LogP contribution in [0.2, 0.25) is 0 Å². The van der Waals surface area contributed by atoms with Gasteiger partial charge < -0.3 is 14.4 Å². The summed E-state index contributed by atoms with van der Waals surface area (Å²) in [6.45, 7) is 5.78. The molecule has 0 N–H and O–H groups in total. The molecule has 1 aromatic rings. The quantitative estimate of drug-likeness (QED) is 0.767. The maximum Gasteiger partial charge on any atom is 0.417 e. The third kappa shape index (κ3) is 3.89. The minimum atomic E-state index is -0.601. The molecule has 3 amide bonds. The number of carbonyl (C=O) groups excluding carboxylic acids is 3. The summed E-state index contributed by atoms with van der Waals surface area (Å²) in [6.07, 6.45) is 0.906. The summed E-state index contributed by atoms with van der Waals surface area (Å²) in [5.41, 5.74) is 0.493. The van der Waals surface area contributed by atoms with E-state index in [9.17, 15) is 14.4 Å². The number of aromatic nitrogens is 1. The Morgan fingerprint density at radius 1 is 1.36 bits per heavy atom. The zero-order valence-electron chi connectivity index (χ0n) is 14.3. The maximum atomic E-state index is 12.4. The average molecular weight is 347 g/mol. The van der Waals surface area contributed by atoms with E-state index >= 15 is 0 Å². The number of carbonyl (C=O) groups is 3. The van der Waals surface area contributed by atoms with Crippen molar-refractivity contribution in [2.75, 3.05) is 32.8 Å². The van der Waals surface area contributed by atoms with Crippen LogP contribution in [0.3, 0.4) is 0 Å². The number of rotatable bonds is 6. The molecular weight excluding hydrogens is 326 g/mol. The van der Waals surface area contributed by atoms with E-state index < -0.39 is 6.09 Å². The second-order valence-electron chi connectivity index (χ2n) is 6.73. The fraction of sp³-hybridized carbons (Fsp3) is 0.529. The van der Waals surface area contributed by atoms with Gasteiger partial charge in [0.05, 0.1) is 12.2 Å². The number of hydrogen-bond donors (Lipinski definition) is 0. The Morgan fingerprint density at radius 2 is 2.12 bits per heavy atom. The molecule has 134 valence electrons. The lowest BCUT2D eigenvalue weighted by atomic mass is 9.98. The summed E-state index contributed by atoms with van der Waals surface area (Å²) < 4.78 is 10.2. The third-order valence-electron chi connectivity index (χ3n) is 4.07. The van der Waals surface area contributed by atoms with E-state index in [4.69, 9.17) is 4.74 Å². The molecule has 0 spiro atoms. The molecule has 0 aliphatic carbocycles. The second-order valence-corrected chi connectivity index (χ2v) is 6.73. The van der Waals surface area contributed by atoms with Crippen LogP contribution in [0.5, 0.6) is 5.88 Å². The monoisotopic (exact) mass is 347 g/mol. The number of hydrogen-bond acceptors (Lipinski definition) is 6. The van der Waals surface area contributed by atoms with Crippen molar-refractivity contribution >= 4 is 17.9 Å². The van der Waals surface area contributed by atoms with Crippen molar-refractivity contribution in [1.29, 1.82) is 0 Å². The molecular formula is C17H21N3O5. The standard InChI is InChI=1S/C17H21N3O5/c1-11(2)9-24-14-4-3-13(5-18-14)16(22)19-6-12(7-19)8-20-15(21)10-25-17(20)23/h3-5,11-12H,6-10H2,1-2H3. The fourth-order valence-electron chi connectivity index (χ4n) is 2.69. The summed E-state index contributed by atoms with van der Waals surface area (Å²) in [5, 5.41) is 0. The van der Waals surface area contributed by atoms with E-state index in [2.05, 4.69) is 9.72 Å². The lowest BCUT2D eigenvalue weighted by Crippen LogP contribution is -2.54. The van der Waals surface area contributed by atoms with Crippen molar-refractivity contribution in [2.45, 2.75) is 13.8 Å². The molecule has 0 unspecified atom stereocenters. The SMILES string of the molecule is CC(C)COc1ccc(C(=O)N2CC(CN3C(=O)COC3=O)C2)cn1. The van der Waals surface area contributed by atoms with Crippen LogP contribution in [0.4, 0.5) is 4.79 Å². The number of amides is 3. The molecule has 0 radical (unpaired) electrons. The van der Waals surface area contributed by atoms with E-state index in [0.29, 0.717) is 43.6 Å². The predicted molar refractivity (Wildman–Crippen MR) is 87.0 cm³/mol. The first-order chi connectivity index (χ1) is 11.9. The molecule has 2 aliphatic rings. The Kier molecular flexibility index (Phi) is 4.87. The highest BCUT2D eigenvalue weighted by atomic mass is 16.6. The van der Waals surface area contributed by atoms with Gasteiger partial charge in [-0.25, -0.2) is 14.7 Å². The van der Waals surface area contributed by atoms with Gasteiger partial charge in [-0.1, -0.05) is 13.8 Å². The molecule has 2 saturated heterocycles. The zero-order chi connectivity index (χ0) is 18.0.